The molecule has 33 heavy (non-hydrogen) atoms. The molecule has 0 fully saturated rings. The molecule has 0 saturated heterocycles. The minimum Gasteiger partial charge on any atom is -0.463 e. The maximum Gasteiger partial charge on any atom is 0.338 e. The smallest absolute Gasteiger partial charge is 0.338 e. The highest BCUT2D eigenvalue weighted by Gasteiger charge is 2.34. The number of nitrogens with zero attached hydrogens (tertiary/aromatic N) is 2. The van der Waals surface area contributed by atoms with Gasteiger partial charge in [0.15, 0.2) is 5.11 Å². The molecule has 1 aliphatic heterocycles. The van der Waals surface area contributed by atoms with E-state index in [2.05, 4.69) is 10.6 Å². The first-order chi connectivity index (χ1) is 15.8. The number of hydrogen-bond donors (Lipinski definition) is 2. The molecule has 10 heteroatoms. The second-order valence-electron chi connectivity index (χ2n) is 7.23. The van der Waals surface area contributed by atoms with Gasteiger partial charge in [0.25, 0.3) is 11.6 Å². The minimum atomic E-state index is -0.546. The van der Waals surface area contributed by atoms with E-state index in [1.165, 1.54) is 24.3 Å². The average Bonchev–Trinajstić information content (AvgIpc) is 2.79. The number of carbonyl (C=O) groups is 2. The van der Waals surface area contributed by atoms with Crippen LogP contribution in [0.25, 0.3) is 0 Å². The Bertz CT molecular complexity index is 1130. The number of thiocarbonyl (C=S) groups is 1. The first kappa shape index (κ1) is 23.9. The zero-order valence-electron chi connectivity index (χ0n) is 18.5. The molecule has 1 unspecified atom stereocenters. The summed E-state index contributed by atoms with van der Waals surface area (Å²) >= 11 is 5.49. The molecule has 0 spiro atoms. The van der Waals surface area contributed by atoms with Gasteiger partial charge >= 0.3 is 5.97 Å². The van der Waals surface area contributed by atoms with Crippen molar-refractivity contribution in [3.8, 4) is 0 Å². The standard InChI is InChI=1S/C23H24N4O5S/c1-4-26-14(3)19(22(29)32-5-2)20(25-23(26)33)16-7-6-8-17(13-16)24-21(28)15-9-11-18(12-10-15)27(30)31/h6-13,20H,4-5H2,1-3H3,(H,24,28)(H,25,33). The number of rotatable bonds is 7. The average molecular weight is 469 g/mol. The predicted octanol–water partition coefficient (Wildman–Crippen LogP) is 3.94. The maximum absolute atomic E-state index is 12.8. The number of ether oxygens (including phenoxy) is 1. The van der Waals surface area contributed by atoms with Gasteiger partial charge in [-0.1, -0.05) is 12.1 Å². The predicted molar refractivity (Wildman–Crippen MR) is 128 cm³/mol. The van der Waals surface area contributed by atoms with Crippen molar-refractivity contribution in [2.45, 2.75) is 26.8 Å². The highest BCUT2D eigenvalue weighted by atomic mass is 32.1. The van der Waals surface area contributed by atoms with Crippen LogP contribution in [0.3, 0.4) is 0 Å². The molecule has 172 valence electrons. The summed E-state index contributed by atoms with van der Waals surface area (Å²) in [6.07, 6.45) is 0. The van der Waals surface area contributed by atoms with Crippen molar-refractivity contribution in [1.82, 2.24) is 10.2 Å². The van der Waals surface area contributed by atoms with Gasteiger partial charge in [0.1, 0.15) is 0 Å². The summed E-state index contributed by atoms with van der Waals surface area (Å²) in [5.41, 5.74) is 2.57. The number of carbonyl (C=O) groups excluding carboxylic acids is 2. The molecule has 0 saturated carbocycles. The topological polar surface area (TPSA) is 114 Å². The van der Waals surface area contributed by atoms with E-state index in [1.54, 1.807) is 25.1 Å². The zero-order valence-corrected chi connectivity index (χ0v) is 19.3. The lowest BCUT2D eigenvalue weighted by molar-refractivity contribution is -0.384. The molecular weight excluding hydrogens is 444 g/mol. The number of esters is 1. The molecule has 0 aromatic heterocycles. The van der Waals surface area contributed by atoms with E-state index in [0.29, 0.717) is 28.6 Å². The third kappa shape index (κ3) is 5.17. The van der Waals surface area contributed by atoms with E-state index in [-0.39, 0.29) is 17.9 Å². The second-order valence-corrected chi connectivity index (χ2v) is 7.62. The van der Waals surface area contributed by atoms with Crippen LogP contribution in [-0.4, -0.2) is 40.0 Å². The van der Waals surface area contributed by atoms with E-state index < -0.39 is 22.8 Å². The van der Waals surface area contributed by atoms with Crippen LogP contribution in [0.15, 0.2) is 59.8 Å². The molecule has 1 atom stereocenters. The summed E-state index contributed by atoms with van der Waals surface area (Å²) in [7, 11) is 0. The fraction of sp³-hybridized carbons (Fsp3) is 0.261. The SMILES string of the molecule is CCOC(=O)C1=C(C)N(CC)C(=S)NC1c1cccc(NC(=O)c2ccc([N+](=O)[O-])cc2)c1. The van der Waals surface area contributed by atoms with Crippen LogP contribution < -0.4 is 10.6 Å². The van der Waals surface area contributed by atoms with Crippen LogP contribution in [0, 0.1) is 10.1 Å². The summed E-state index contributed by atoms with van der Waals surface area (Å²) in [6, 6.07) is 11.8. The van der Waals surface area contributed by atoms with Crippen molar-refractivity contribution in [1.29, 1.82) is 0 Å². The Hall–Kier alpha value is -3.79. The van der Waals surface area contributed by atoms with Gasteiger partial charge in [0.05, 0.1) is 23.1 Å². The van der Waals surface area contributed by atoms with E-state index in [0.717, 1.165) is 5.56 Å². The zero-order chi connectivity index (χ0) is 24.1. The molecule has 2 aromatic carbocycles. The van der Waals surface area contributed by atoms with Gasteiger partial charge < -0.3 is 20.3 Å². The lowest BCUT2D eigenvalue weighted by Crippen LogP contribution is -2.47. The lowest BCUT2D eigenvalue weighted by atomic mass is 9.94. The monoisotopic (exact) mass is 468 g/mol. The first-order valence-electron chi connectivity index (χ1n) is 10.4. The van der Waals surface area contributed by atoms with Crippen molar-refractivity contribution in [3.05, 3.63) is 81.0 Å². The molecule has 0 bridgehead atoms. The summed E-state index contributed by atoms with van der Waals surface area (Å²) in [5.74, 6) is -0.850. The molecule has 3 rings (SSSR count). The second kappa shape index (κ2) is 10.2. The van der Waals surface area contributed by atoms with Gasteiger partial charge in [-0.15, -0.1) is 0 Å². The van der Waals surface area contributed by atoms with Crippen molar-refractivity contribution in [2.24, 2.45) is 0 Å². The Morgan fingerprint density at radius 2 is 1.91 bits per heavy atom. The Labute approximate surface area is 196 Å². The van der Waals surface area contributed by atoms with E-state index in [9.17, 15) is 19.7 Å². The summed E-state index contributed by atoms with van der Waals surface area (Å²) in [4.78, 5) is 37.5. The van der Waals surface area contributed by atoms with Gasteiger partial charge in [0, 0.05) is 35.6 Å². The van der Waals surface area contributed by atoms with Gasteiger partial charge in [-0.25, -0.2) is 4.79 Å². The van der Waals surface area contributed by atoms with Crippen LogP contribution in [0.2, 0.25) is 0 Å². The molecule has 9 nitrogen and oxygen atoms in total. The Kier molecular flexibility index (Phi) is 7.39. The number of nitro benzene ring substituents is 1. The van der Waals surface area contributed by atoms with Crippen LogP contribution in [0.4, 0.5) is 11.4 Å². The van der Waals surface area contributed by atoms with Gasteiger partial charge in [-0.3, -0.25) is 14.9 Å². The largest absolute Gasteiger partial charge is 0.463 e. The number of anilines is 1. The van der Waals surface area contributed by atoms with Crippen molar-refractivity contribution in [3.63, 3.8) is 0 Å². The van der Waals surface area contributed by atoms with E-state index >= 15 is 0 Å². The molecule has 1 heterocycles. The highest BCUT2D eigenvalue weighted by molar-refractivity contribution is 7.80. The molecule has 2 N–H and O–H groups in total. The number of nitrogens with one attached hydrogen (secondary N) is 2. The van der Waals surface area contributed by atoms with Crippen LogP contribution in [0.5, 0.6) is 0 Å². The number of allylic oxidation sites excluding steroid dienone is 1. The summed E-state index contributed by atoms with van der Waals surface area (Å²) < 4.78 is 5.29. The molecule has 0 radical (unpaired) electrons. The van der Waals surface area contributed by atoms with Crippen LogP contribution in [-0.2, 0) is 9.53 Å². The third-order valence-corrected chi connectivity index (χ3v) is 5.56. The normalized spacial score (nSPS) is 15.7. The highest BCUT2D eigenvalue weighted by Crippen LogP contribution is 2.32. The molecular formula is C23H24N4O5S. The van der Waals surface area contributed by atoms with Crippen molar-refractivity contribution in [2.75, 3.05) is 18.5 Å². The van der Waals surface area contributed by atoms with Gasteiger partial charge in [-0.05, 0) is 62.8 Å². The number of non-ortho nitro benzene ring substituents is 1. The third-order valence-electron chi connectivity index (χ3n) is 5.23. The Morgan fingerprint density at radius 1 is 1.21 bits per heavy atom. The van der Waals surface area contributed by atoms with E-state index in [4.69, 9.17) is 17.0 Å². The summed E-state index contributed by atoms with van der Waals surface area (Å²) in [5, 5.41) is 17.3. The number of hydrogen-bond acceptors (Lipinski definition) is 6. The van der Waals surface area contributed by atoms with Crippen LogP contribution >= 0.6 is 12.2 Å². The number of nitro groups is 1. The van der Waals surface area contributed by atoms with Gasteiger partial charge in [-0.2, -0.15) is 0 Å². The lowest BCUT2D eigenvalue weighted by Gasteiger charge is -2.37. The minimum absolute atomic E-state index is 0.0948. The number of amides is 1. The quantitative estimate of drug-likeness (QED) is 0.272. The summed E-state index contributed by atoms with van der Waals surface area (Å²) in [6.45, 7) is 6.35. The molecule has 2 aromatic rings. The Balaban J connectivity index is 1.90. The van der Waals surface area contributed by atoms with Crippen molar-refractivity contribution >= 4 is 40.6 Å². The Morgan fingerprint density at radius 3 is 2.52 bits per heavy atom. The fourth-order valence-electron chi connectivity index (χ4n) is 3.62. The number of benzene rings is 2. The van der Waals surface area contributed by atoms with Crippen LogP contribution in [0.1, 0.15) is 42.7 Å². The molecule has 1 amide bonds. The van der Waals surface area contributed by atoms with Crippen molar-refractivity contribution < 1.29 is 19.2 Å². The molecule has 0 aliphatic carbocycles. The van der Waals surface area contributed by atoms with Gasteiger partial charge in [0.2, 0.25) is 0 Å². The van der Waals surface area contributed by atoms with E-state index in [1.807, 2.05) is 24.8 Å². The molecule has 1 aliphatic rings. The fourth-order valence-corrected chi connectivity index (χ4v) is 4.00. The first-order valence-corrected chi connectivity index (χ1v) is 10.8. The maximum atomic E-state index is 12.8.